The minimum atomic E-state index is -0.953. The molecule has 1 heterocycles. The van der Waals surface area contributed by atoms with Crippen LogP contribution < -0.4 is 5.32 Å². The van der Waals surface area contributed by atoms with Gasteiger partial charge >= 0.3 is 5.97 Å². The Morgan fingerprint density at radius 3 is 2.63 bits per heavy atom. The maximum absolute atomic E-state index is 12.5. The summed E-state index contributed by atoms with van der Waals surface area (Å²) in [6.45, 7) is 3.63. The quantitative estimate of drug-likeness (QED) is 0.669. The molecule has 6 nitrogen and oxygen atoms in total. The summed E-state index contributed by atoms with van der Waals surface area (Å²) in [6, 6.07) is 12.4. The van der Waals surface area contributed by atoms with Gasteiger partial charge in [0.25, 0.3) is 5.91 Å². The normalized spacial score (nSPS) is 11.8. The minimum Gasteiger partial charge on any atom is -0.447 e. The highest BCUT2D eigenvalue weighted by molar-refractivity contribution is 6.31. The molecule has 1 N–H and O–H groups in total. The Morgan fingerprint density at radius 2 is 1.93 bits per heavy atom. The number of benzene rings is 2. The lowest BCUT2D eigenvalue weighted by Gasteiger charge is -2.16. The van der Waals surface area contributed by atoms with Gasteiger partial charge in [-0.25, -0.2) is 9.78 Å². The van der Waals surface area contributed by atoms with E-state index in [-0.39, 0.29) is 5.69 Å². The number of aromatic nitrogens is 2. The third kappa shape index (κ3) is 4.41. The number of nitrogens with one attached hydrogen (secondary N) is 1. The number of halogens is 1. The highest BCUT2D eigenvalue weighted by atomic mass is 35.5. The van der Waals surface area contributed by atoms with Gasteiger partial charge in [-0.1, -0.05) is 36.7 Å². The summed E-state index contributed by atoms with van der Waals surface area (Å²) in [5.74, 6) is -1.13. The number of anilines is 1. The van der Waals surface area contributed by atoms with Crippen LogP contribution in [0.15, 0.2) is 48.7 Å². The van der Waals surface area contributed by atoms with Crippen LogP contribution in [0.3, 0.4) is 0 Å². The zero-order chi connectivity index (χ0) is 19.4. The van der Waals surface area contributed by atoms with Gasteiger partial charge in [0, 0.05) is 10.7 Å². The lowest BCUT2D eigenvalue weighted by atomic mass is 10.2. The highest BCUT2D eigenvalue weighted by Gasteiger charge is 2.23. The largest absolute Gasteiger partial charge is 0.447 e. The van der Waals surface area contributed by atoms with E-state index in [4.69, 9.17) is 16.3 Å². The first-order chi connectivity index (χ1) is 13.0. The predicted octanol–water partition coefficient (Wildman–Crippen LogP) is 4.17. The molecule has 0 aliphatic heterocycles. The summed E-state index contributed by atoms with van der Waals surface area (Å²) < 4.78 is 5.34. The maximum Gasteiger partial charge on any atom is 0.359 e. The first-order valence-corrected chi connectivity index (χ1v) is 8.85. The number of hydrogen-bond donors (Lipinski definition) is 1. The van der Waals surface area contributed by atoms with E-state index in [9.17, 15) is 9.59 Å². The van der Waals surface area contributed by atoms with Crippen molar-refractivity contribution in [1.29, 1.82) is 0 Å². The van der Waals surface area contributed by atoms with Crippen molar-refractivity contribution in [2.75, 3.05) is 5.32 Å². The number of hydrogen-bond acceptors (Lipinski definition) is 5. The summed E-state index contributed by atoms with van der Waals surface area (Å²) >= 11 is 6.07. The zero-order valence-corrected chi connectivity index (χ0v) is 15.7. The molecule has 0 spiro atoms. The van der Waals surface area contributed by atoms with Crippen LogP contribution in [0, 0.1) is 6.92 Å². The molecule has 138 valence electrons. The lowest BCUT2D eigenvalue weighted by molar-refractivity contribution is -0.124. The molecule has 1 atom stereocenters. The molecule has 0 saturated carbocycles. The summed E-state index contributed by atoms with van der Waals surface area (Å²) in [4.78, 5) is 33.3. The standard InChI is InChI=1S/C20H18ClN3O3/c1-3-18(19(25)23-13-9-8-12(2)14(21)10-13)27-20(26)17-11-22-15-6-4-5-7-16(15)24-17/h4-11,18H,3H2,1-2H3,(H,23,25). The third-order valence-electron chi connectivity index (χ3n) is 4.01. The smallest absolute Gasteiger partial charge is 0.359 e. The van der Waals surface area contributed by atoms with Gasteiger partial charge in [0.15, 0.2) is 11.8 Å². The van der Waals surface area contributed by atoms with Crippen molar-refractivity contribution in [2.45, 2.75) is 26.4 Å². The van der Waals surface area contributed by atoms with E-state index in [1.54, 1.807) is 43.3 Å². The van der Waals surface area contributed by atoms with E-state index in [0.717, 1.165) is 5.56 Å². The molecule has 3 aromatic rings. The Bertz CT molecular complexity index is 1010. The van der Waals surface area contributed by atoms with Crippen molar-refractivity contribution in [2.24, 2.45) is 0 Å². The molecule has 0 fully saturated rings. The Balaban J connectivity index is 1.71. The number of fused-ring (bicyclic) bond motifs is 1. The number of carbonyl (C=O) groups excluding carboxylic acids is 2. The molecule has 1 amide bonds. The Hall–Kier alpha value is -2.99. The SMILES string of the molecule is CCC(OC(=O)c1cnc2ccccc2n1)C(=O)Nc1ccc(C)c(Cl)c1. The molecular weight excluding hydrogens is 366 g/mol. The van der Waals surface area contributed by atoms with Gasteiger partial charge in [-0.3, -0.25) is 9.78 Å². The molecule has 0 radical (unpaired) electrons. The molecule has 27 heavy (non-hydrogen) atoms. The highest BCUT2D eigenvalue weighted by Crippen LogP contribution is 2.20. The number of carbonyl (C=O) groups is 2. The summed E-state index contributed by atoms with van der Waals surface area (Å²) in [5, 5.41) is 3.26. The van der Waals surface area contributed by atoms with Crippen LogP contribution in [0.25, 0.3) is 11.0 Å². The van der Waals surface area contributed by atoms with Crippen molar-refractivity contribution >= 4 is 40.2 Å². The van der Waals surface area contributed by atoms with Gasteiger partial charge < -0.3 is 10.1 Å². The third-order valence-corrected chi connectivity index (χ3v) is 4.42. The van der Waals surface area contributed by atoms with Crippen molar-refractivity contribution in [3.8, 4) is 0 Å². The van der Waals surface area contributed by atoms with Crippen molar-refractivity contribution < 1.29 is 14.3 Å². The fraction of sp³-hybridized carbons (Fsp3) is 0.200. The average molecular weight is 384 g/mol. The lowest BCUT2D eigenvalue weighted by Crippen LogP contribution is -2.32. The maximum atomic E-state index is 12.5. The monoisotopic (exact) mass is 383 g/mol. The van der Waals surface area contributed by atoms with Crippen LogP contribution in [0.5, 0.6) is 0 Å². The molecule has 1 unspecified atom stereocenters. The van der Waals surface area contributed by atoms with Crippen LogP contribution in [0.2, 0.25) is 5.02 Å². The molecule has 7 heteroatoms. The Labute approximate surface area is 161 Å². The fourth-order valence-corrected chi connectivity index (χ4v) is 2.64. The van der Waals surface area contributed by atoms with Gasteiger partial charge in [0.05, 0.1) is 17.2 Å². The summed E-state index contributed by atoms with van der Waals surface area (Å²) in [7, 11) is 0. The van der Waals surface area contributed by atoms with Gasteiger partial charge in [0.1, 0.15) is 0 Å². The molecule has 0 bridgehead atoms. The van der Waals surface area contributed by atoms with Crippen LogP contribution in [0.4, 0.5) is 5.69 Å². The van der Waals surface area contributed by atoms with Crippen LogP contribution in [-0.2, 0) is 9.53 Å². The molecule has 3 rings (SSSR count). The average Bonchev–Trinajstić information content (AvgIpc) is 2.68. The van der Waals surface area contributed by atoms with Crippen LogP contribution in [-0.4, -0.2) is 27.9 Å². The van der Waals surface area contributed by atoms with E-state index in [1.807, 2.05) is 13.0 Å². The molecule has 0 aliphatic rings. The van der Waals surface area contributed by atoms with E-state index in [0.29, 0.717) is 28.2 Å². The van der Waals surface area contributed by atoms with Crippen molar-refractivity contribution in [3.05, 3.63) is 64.9 Å². The number of rotatable bonds is 5. The van der Waals surface area contributed by atoms with Gasteiger partial charge in [-0.15, -0.1) is 0 Å². The fourth-order valence-electron chi connectivity index (χ4n) is 2.46. The summed E-state index contributed by atoms with van der Waals surface area (Å²) in [5.41, 5.74) is 2.76. The number of ether oxygens (including phenoxy) is 1. The van der Waals surface area contributed by atoms with E-state index in [1.165, 1.54) is 6.20 Å². The van der Waals surface area contributed by atoms with Crippen LogP contribution in [0.1, 0.15) is 29.4 Å². The van der Waals surface area contributed by atoms with E-state index >= 15 is 0 Å². The number of amides is 1. The molecule has 0 aliphatic carbocycles. The van der Waals surface area contributed by atoms with Crippen molar-refractivity contribution in [1.82, 2.24) is 9.97 Å². The van der Waals surface area contributed by atoms with Gasteiger partial charge in [-0.05, 0) is 43.2 Å². The number of nitrogens with zero attached hydrogens (tertiary/aromatic N) is 2. The minimum absolute atomic E-state index is 0.0540. The van der Waals surface area contributed by atoms with Gasteiger partial charge in [-0.2, -0.15) is 0 Å². The number of para-hydroxylation sites is 2. The first kappa shape index (κ1) is 18.8. The van der Waals surface area contributed by atoms with Crippen LogP contribution >= 0.6 is 11.6 Å². The second-order valence-corrected chi connectivity index (χ2v) is 6.41. The number of aryl methyl sites for hydroxylation is 1. The summed E-state index contributed by atoms with van der Waals surface area (Å²) in [6.07, 6.45) is 0.707. The van der Waals surface area contributed by atoms with E-state index < -0.39 is 18.0 Å². The molecule has 0 saturated heterocycles. The second-order valence-electron chi connectivity index (χ2n) is 6.00. The number of esters is 1. The zero-order valence-electron chi connectivity index (χ0n) is 14.9. The molecular formula is C20H18ClN3O3. The molecule has 2 aromatic carbocycles. The van der Waals surface area contributed by atoms with Crippen molar-refractivity contribution in [3.63, 3.8) is 0 Å². The Morgan fingerprint density at radius 1 is 1.19 bits per heavy atom. The second kappa shape index (κ2) is 8.14. The van der Waals surface area contributed by atoms with E-state index in [2.05, 4.69) is 15.3 Å². The first-order valence-electron chi connectivity index (χ1n) is 8.47. The topological polar surface area (TPSA) is 81.2 Å². The predicted molar refractivity (Wildman–Crippen MR) is 104 cm³/mol. The van der Waals surface area contributed by atoms with Gasteiger partial charge in [0.2, 0.25) is 0 Å². The Kier molecular flexibility index (Phi) is 5.66. The molecule has 1 aromatic heterocycles.